The number of nitrogens with zero attached hydrogens (tertiary/aromatic N) is 2. The van der Waals surface area contributed by atoms with Crippen LogP contribution in [0.2, 0.25) is 5.02 Å². The first-order chi connectivity index (χ1) is 10.6. The molecule has 1 saturated heterocycles. The Morgan fingerprint density at radius 2 is 2.09 bits per heavy atom. The topological polar surface area (TPSA) is 53.0 Å². The smallest absolute Gasteiger partial charge is 0.255 e. The van der Waals surface area contributed by atoms with Crippen LogP contribution < -0.4 is 0 Å². The number of carbonyl (C=O) groups is 1. The van der Waals surface area contributed by atoms with Gasteiger partial charge in [-0.3, -0.25) is 9.69 Å². The molecule has 0 aliphatic carbocycles. The highest BCUT2D eigenvalue weighted by Gasteiger charge is 2.20. The molecule has 0 bridgehead atoms. The van der Waals surface area contributed by atoms with E-state index in [0.29, 0.717) is 23.7 Å². The Balaban J connectivity index is 2.02. The van der Waals surface area contributed by atoms with Crippen LogP contribution in [0.25, 0.3) is 0 Å². The zero-order valence-electron chi connectivity index (χ0n) is 12.9. The number of aliphatic hydroxyl groups is 1. The molecule has 0 saturated carbocycles. The quantitative estimate of drug-likeness (QED) is 0.859. The number of aryl methyl sites for hydroxylation is 1. The largest absolute Gasteiger partial charge is 0.395 e. The highest BCUT2D eigenvalue weighted by molar-refractivity contribution is 6.34. The lowest BCUT2D eigenvalue weighted by atomic mass is 10.1. The molecular formula is C16H23ClN2O3. The van der Waals surface area contributed by atoms with Crippen LogP contribution in [-0.4, -0.2) is 73.4 Å². The van der Waals surface area contributed by atoms with E-state index in [0.717, 1.165) is 38.4 Å². The van der Waals surface area contributed by atoms with Gasteiger partial charge in [0.2, 0.25) is 0 Å². The van der Waals surface area contributed by atoms with Gasteiger partial charge in [0, 0.05) is 32.7 Å². The molecular weight excluding hydrogens is 304 g/mol. The van der Waals surface area contributed by atoms with Gasteiger partial charge in [-0.1, -0.05) is 23.7 Å². The lowest BCUT2D eigenvalue weighted by molar-refractivity contribution is 0.0315. The van der Waals surface area contributed by atoms with Crippen molar-refractivity contribution in [3.63, 3.8) is 0 Å². The second kappa shape index (κ2) is 8.48. The Morgan fingerprint density at radius 3 is 2.77 bits per heavy atom. The number of amides is 1. The van der Waals surface area contributed by atoms with Gasteiger partial charge < -0.3 is 14.7 Å². The van der Waals surface area contributed by atoms with Crippen molar-refractivity contribution in [3.8, 4) is 0 Å². The van der Waals surface area contributed by atoms with Crippen LogP contribution in [0.15, 0.2) is 18.2 Å². The predicted molar refractivity (Wildman–Crippen MR) is 86.4 cm³/mol. The minimum Gasteiger partial charge on any atom is -0.395 e. The van der Waals surface area contributed by atoms with Crippen LogP contribution in [-0.2, 0) is 4.74 Å². The van der Waals surface area contributed by atoms with E-state index < -0.39 is 0 Å². The van der Waals surface area contributed by atoms with Gasteiger partial charge >= 0.3 is 0 Å². The number of hydrogen-bond donors (Lipinski definition) is 1. The van der Waals surface area contributed by atoms with Crippen molar-refractivity contribution < 1.29 is 14.6 Å². The number of rotatable bonds is 6. The van der Waals surface area contributed by atoms with Gasteiger partial charge in [0.25, 0.3) is 5.91 Å². The van der Waals surface area contributed by atoms with Gasteiger partial charge in [-0.05, 0) is 18.6 Å². The number of ether oxygens (including phenoxy) is 1. The van der Waals surface area contributed by atoms with Crippen LogP contribution >= 0.6 is 11.6 Å². The van der Waals surface area contributed by atoms with E-state index in [2.05, 4.69) is 4.90 Å². The Kier molecular flexibility index (Phi) is 6.64. The van der Waals surface area contributed by atoms with E-state index in [-0.39, 0.29) is 12.5 Å². The van der Waals surface area contributed by atoms with Crippen molar-refractivity contribution in [1.29, 1.82) is 0 Å². The van der Waals surface area contributed by atoms with Gasteiger partial charge in [-0.15, -0.1) is 0 Å². The second-order valence-electron chi connectivity index (χ2n) is 5.41. The lowest BCUT2D eigenvalue weighted by Gasteiger charge is -2.30. The van der Waals surface area contributed by atoms with Gasteiger partial charge in [-0.2, -0.15) is 0 Å². The summed E-state index contributed by atoms with van der Waals surface area (Å²) >= 11 is 6.24. The molecule has 0 atom stereocenters. The molecule has 1 heterocycles. The maximum atomic E-state index is 12.7. The van der Waals surface area contributed by atoms with Crippen molar-refractivity contribution in [2.24, 2.45) is 0 Å². The summed E-state index contributed by atoms with van der Waals surface area (Å²) in [7, 11) is 0. The summed E-state index contributed by atoms with van der Waals surface area (Å²) in [6, 6.07) is 5.44. The van der Waals surface area contributed by atoms with E-state index in [1.54, 1.807) is 11.0 Å². The maximum Gasteiger partial charge on any atom is 0.255 e. The Bertz CT molecular complexity index is 504. The first kappa shape index (κ1) is 17.2. The molecule has 0 spiro atoms. The first-order valence-electron chi connectivity index (χ1n) is 7.59. The maximum absolute atomic E-state index is 12.7. The number of benzene rings is 1. The second-order valence-corrected chi connectivity index (χ2v) is 5.78. The van der Waals surface area contributed by atoms with Crippen LogP contribution in [0.3, 0.4) is 0 Å². The highest BCUT2D eigenvalue weighted by Crippen LogP contribution is 2.21. The molecule has 1 aliphatic rings. The predicted octanol–water partition coefficient (Wildman–Crippen LogP) is 1.42. The number of carbonyl (C=O) groups excluding carboxylic acids is 1. The number of morpholine rings is 1. The zero-order valence-corrected chi connectivity index (χ0v) is 13.7. The average Bonchev–Trinajstić information content (AvgIpc) is 2.54. The van der Waals surface area contributed by atoms with E-state index in [9.17, 15) is 9.90 Å². The molecule has 1 fully saturated rings. The molecule has 1 aliphatic heterocycles. The van der Waals surface area contributed by atoms with Crippen LogP contribution in [0.5, 0.6) is 0 Å². The number of halogens is 1. The fraction of sp³-hybridized carbons (Fsp3) is 0.562. The van der Waals surface area contributed by atoms with E-state index in [4.69, 9.17) is 16.3 Å². The lowest BCUT2D eigenvalue weighted by Crippen LogP contribution is -2.44. The summed E-state index contributed by atoms with van der Waals surface area (Å²) in [6.45, 7) is 6.71. The Hall–Kier alpha value is -1.14. The van der Waals surface area contributed by atoms with Crippen molar-refractivity contribution >= 4 is 17.5 Å². The van der Waals surface area contributed by atoms with Crippen molar-refractivity contribution in [2.45, 2.75) is 6.92 Å². The summed E-state index contributed by atoms with van der Waals surface area (Å²) in [4.78, 5) is 16.6. The van der Waals surface area contributed by atoms with Crippen molar-refractivity contribution in [2.75, 3.05) is 52.5 Å². The minimum absolute atomic E-state index is 0.0573. The molecule has 1 N–H and O–H groups in total. The van der Waals surface area contributed by atoms with E-state index in [1.807, 2.05) is 19.1 Å². The standard InChI is InChI=1S/C16H23ClN2O3/c1-13-3-2-4-14(15(13)17)16(21)19(7-10-20)6-5-18-8-11-22-12-9-18/h2-4,20H,5-12H2,1H3. The molecule has 5 nitrogen and oxygen atoms in total. The summed E-state index contributed by atoms with van der Waals surface area (Å²) < 4.78 is 5.32. The first-order valence-corrected chi connectivity index (χ1v) is 7.96. The van der Waals surface area contributed by atoms with E-state index >= 15 is 0 Å². The van der Waals surface area contributed by atoms with Gasteiger partial charge in [0.15, 0.2) is 0 Å². The molecule has 1 amide bonds. The van der Waals surface area contributed by atoms with Crippen LogP contribution in [0.4, 0.5) is 0 Å². The third kappa shape index (κ3) is 4.43. The third-order valence-corrected chi connectivity index (χ3v) is 4.37. The van der Waals surface area contributed by atoms with Crippen molar-refractivity contribution in [1.82, 2.24) is 9.80 Å². The van der Waals surface area contributed by atoms with E-state index in [1.165, 1.54) is 0 Å². The third-order valence-electron chi connectivity index (χ3n) is 3.87. The molecule has 1 aromatic rings. The fourth-order valence-electron chi connectivity index (χ4n) is 2.51. The summed E-state index contributed by atoms with van der Waals surface area (Å²) in [5.41, 5.74) is 1.38. The molecule has 22 heavy (non-hydrogen) atoms. The normalized spacial score (nSPS) is 15.8. The fourth-order valence-corrected chi connectivity index (χ4v) is 2.71. The number of hydrogen-bond acceptors (Lipinski definition) is 4. The van der Waals surface area contributed by atoms with Crippen molar-refractivity contribution in [3.05, 3.63) is 34.3 Å². The van der Waals surface area contributed by atoms with Gasteiger partial charge in [-0.25, -0.2) is 0 Å². The molecule has 0 radical (unpaired) electrons. The Morgan fingerprint density at radius 1 is 1.36 bits per heavy atom. The minimum atomic E-state index is -0.129. The van der Waals surface area contributed by atoms with Crippen LogP contribution in [0.1, 0.15) is 15.9 Å². The summed E-state index contributed by atoms with van der Waals surface area (Å²) in [5.74, 6) is -0.129. The highest BCUT2D eigenvalue weighted by atomic mass is 35.5. The summed E-state index contributed by atoms with van der Waals surface area (Å²) in [6.07, 6.45) is 0. The molecule has 2 rings (SSSR count). The average molecular weight is 327 g/mol. The molecule has 0 unspecified atom stereocenters. The van der Waals surface area contributed by atoms with Gasteiger partial charge in [0.1, 0.15) is 0 Å². The summed E-state index contributed by atoms with van der Waals surface area (Å²) in [5, 5.41) is 9.72. The molecule has 122 valence electrons. The van der Waals surface area contributed by atoms with Crippen LogP contribution in [0, 0.1) is 6.92 Å². The number of aliphatic hydroxyl groups excluding tert-OH is 1. The SMILES string of the molecule is Cc1cccc(C(=O)N(CCO)CCN2CCOCC2)c1Cl. The Labute approximate surface area is 136 Å². The molecule has 0 aromatic heterocycles. The van der Waals surface area contributed by atoms with Gasteiger partial charge in [0.05, 0.1) is 30.4 Å². The molecule has 1 aromatic carbocycles. The zero-order chi connectivity index (χ0) is 15.9. The monoisotopic (exact) mass is 326 g/mol. The molecule has 6 heteroatoms.